The van der Waals surface area contributed by atoms with Crippen LogP contribution in [0.15, 0.2) is 78.4 Å². The van der Waals surface area contributed by atoms with Gasteiger partial charge in [0, 0.05) is 5.56 Å². The van der Waals surface area contributed by atoms with E-state index in [4.69, 9.17) is 14.2 Å². The molecule has 1 saturated heterocycles. The molecule has 1 N–H and O–H groups in total. The third kappa shape index (κ3) is 6.20. The van der Waals surface area contributed by atoms with Gasteiger partial charge in [0.25, 0.3) is 5.78 Å². The van der Waals surface area contributed by atoms with Gasteiger partial charge in [-0.3, -0.25) is 14.5 Å². The summed E-state index contributed by atoms with van der Waals surface area (Å²) in [4.78, 5) is 57.5. The van der Waals surface area contributed by atoms with Crippen LogP contribution < -0.4 is 9.64 Å². The van der Waals surface area contributed by atoms with E-state index in [1.54, 1.807) is 50.2 Å². The zero-order valence-corrected chi connectivity index (χ0v) is 25.8. The average molecular weight is 627 g/mol. The van der Waals surface area contributed by atoms with E-state index in [-0.39, 0.29) is 33.3 Å². The number of hydrogen-bond acceptors (Lipinski definition) is 10. The summed E-state index contributed by atoms with van der Waals surface area (Å²) in [6, 6.07) is 19.4. The van der Waals surface area contributed by atoms with Crippen LogP contribution in [0.3, 0.4) is 0 Å². The van der Waals surface area contributed by atoms with Gasteiger partial charge < -0.3 is 19.3 Å². The first-order chi connectivity index (χ1) is 21.6. The van der Waals surface area contributed by atoms with Crippen LogP contribution in [0.5, 0.6) is 5.75 Å². The number of benzene rings is 3. The quantitative estimate of drug-likeness (QED) is 0.104. The molecule has 1 fully saturated rings. The number of Topliss-reactive ketones (excluding diaryl/α,β-unsaturated/α-hetero) is 1. The number of hydrogen-bond donors (Lipinski definition) is 1. The van der Waals surface area contributed by atoms with Crippen molar-refractivity contribution < 1.29 is 38.5 Å². The molecule has 1 unspecified atom stereocenters. The largest absolute Gasteiger partial charge is 0.507 e. The summed E-state index contributed by atoms with van der Waals surface area (Å²) >= 11 is 0.909. The van der Waals surface area contributed by atoms with Gasteiger partial charge in [0.1, 0.15) is 23.0 Å². The highest BCUT2D eigenvalue weighted by molar-refractivity contribution is 7.17. The number of rotatable bonds is 9. The van der Waals surface area contributed by atoms with Gasteiger partial charge in [0.2, 0.25) is 0 Å². The van der Waals surface area contributed by atoms with Gasteiger partial charge in [-0.25, -0.2) is 14.6 Å². The van der Waals surface area contributed by atoms with Crippen LogP contribution in [0.4, 0.5) is 5.13 Å². The van der Waals surface area contributed by atoms with Crippen molar-refractivity contribution in [1.29, 1.82) is 0 Å². The minimum absolute atomic E-state index is 0.0821. The van der Waals surface area contributed by atoms with Crippen LogP contribution >= 0.6 is 11.3 Å². The number of carbonyl (C=O) groups excluding carboxylic acids is 4. The number of ketones is 1. The number of methoxy groups -OCH3 is 1. The molecular formula is C34H30N2O8S. The number of carbonyl (C=O) groups is 4. The van der Waals surface area contributed by atoms with Crippen LogP contribution in [-0.2, 0) is 25.7 Å². The number of aryl methyl sites for hydroxylation is 2. The predicted molar refractivity (Wildman–Crippen MR) is 167 cm³/mol. The lowest BCUT2D eigenvalue weighted by molar-refractivity contribution is -0.132. The number of nitrogens with zero attached hydrogens (tertiary/aromatic N) is 2. The minimum Gasteiger partial charge on any atom is -0.507 e. The Morgan fingerprint density at radius 1 is 0.933 bits per heavy atom. The number of aromatic nitrogens is 1. The number of thiazole rings is 1. The fourth-order valence-corrected chi connectivity index (χ4v) is 5.92. The Kier molecular flexibility index (Phi) is 9.10. The number of aliphatic hydroxyl groups is 1. The number of esters is 2. The Balaban J connectivity index is 1.55. The normalized spacial score (nSPS) is 15.6. The molecule has 11 heteroatoms. The molecule has 0 aliphatic carbocycles. The maximum atomic E-state index is 13.6. The molecule has 0 spiro atoms. The lowest BCUT2D eigenvalue weighted by Crippen LogP contribution is -2.29. The van der Waals surface area contributed by atoms with Gasteiger partial charge >= 0.3 is 17.8 Å². The van der Waals surface area contributed by atoms with Crippen LogP contribution in [0.1, 0.15) is 60.9 Å². The Bertz CT molecular complexity index is 1810. The molecule has 2 heterocycles. The van der Waals surface area contributed by atoms with Crippen molar-refractivity contribution in [2.24, 2.45) is 0 Å². The van der Waals surface area contributed by atoms with Crippen LogP contribution in [0.25, 0.3) is 5.76 Å². The first-order valence-corrected chi connectivity index (χ1v) is 14.9. The van der Waals surface area contributed by atoms with Crippen molar-refractivity contribution in [3.8, 4) is 5.75 Å². The standard InChI is InChI=1S/C34H30N2O8S/c1-5-43-33(41)30-20(3)35-34(45-30)36-27(21-10-12-23(13-11-21)32(40)42-4)26(29(38)31(36)39)28(37)22-14-16-25(17-15-22)44-18-24-9-7-6-8-19(24)2/h6-17,27,37H,5,18H2,1-4H3/b28-26+. The number of amides is 1. The highest BCUT2D eigenvalue weighted by Gasteiger charge is 2.48. The summed E-state index contributed by atoms with van der Waals surface area (Å²) in [6.45, 7) is 5.78. The molecule has 45 heavy (non-hydrogen) atoms. The SMILES string of the molecule is CCOC(=O)c1sc(N2C(=O)C(=O)/C(=C(/O)c3ccc(OCc4ccccc4C)cc3)C2c2ccc(C(=O)OC)cc2)nc1C. The van der Waals surface area contributed by atoms with Crippen molar-refractivity contribution in [2.45, 2.75) is 33.4 Å². The smallest absolute Gasteiger partial charge is 0.350 e. The van der Waals surface area contributed by atoms with E-state index in [9.17, 15) is 24.3 Å². The topological polar surface area (TPSA) is 132 Å². The fraction of sp³-hybridized carbons (Fsp3) is 0.206. The summed E-state index contributed by atoms with van der Waals surface area (Å²) < 4.78 is 15.8. The van der Waals surface area contributed by atoms with E-state index in [0.717, 1.165) is 27.4 Å². The average Bonchev–Trinajstić information content (AvgIpc) is 3.56. The molecule has 1 amide bonds. The van der Waals surface area contributed by atoms with Crippen molar-refractivity contribution >= 4 is 45.9 Å². The Hall–Kier alpha value is -5.29. The van der Waals surface area contributed by atoms with Gasteiger partial charge in [-0.1, -0.05) is 47.7 Å². The summed E-state index contributed by atoms with van der Waals surface area (Å²) in [5.41, 5.74) is 3.25. The van der Waals surface area contributed by atoms with E-state index < -0.39 is 35.4 Å². The van der Waals surface area contributed by atoms with Gasteiger partial charge in [0.05, 0.1) is 36.6 Å². The van der Waals surface area contributed by atoms with Gasteiger partial charge in [0.15, 0.2) is 5.13 Å². The molecule has 10 nitrogen and oxygen atoms in total. The molecule has 3 aromatic carbocycles. The highest BCUT2D eigenvalue weighted by atomic mass is 32.1. The van der Waals surface area contributed by atoms with Gasteiger partial charge in [-0.05, 0) is 73.9 Å². The molecule has 1 aliphatic heterocycles. The fourth-order valence-electron chi connectivity index (χ4n) is 4.93. The maximum absolute atomic E-state index is 13.6. The zero-order valence-electron chi connectivity index (χ0n) is 25.0. The van der Waals surface area contributed by atoms with E-state index in [1.165, 1.54) is 19.2 Å². The lowest BCUT2D eigenvalue weighted by Gasteiger charge is -2.23. The van der Waals surface area contributed by atoms with Crippen molar-refractivity contribution in [3.05, 3.63) is 117 Å². The molecule has 1 aliphatic rings. The van der Waals surface area contributed by atoms with Crippen molar-refractivity contribution in [2.75, 3.05) is 18.6 Å². The number of ether oxygens (including phenoxy) is 3. The highest BCUT2D eigenvalue weighted by Crippen LogP contribution is 2.44. The molecular weight excluding hydrogens is 596 g/mol. The number of anilines is 1. The molecule has 230 valence electrons. The lowest BCUT2D eigenvalue weighted by atomic mass is 9.94. The maximum Gasteiger partial charge on any atom is 0.350 e. The Morgan fingerprint density at radius 3 is 2.24 bits per heavy atom. The van der Waals surface area contributed by atoms with E-state index in [0.29, 0.717) is 23.6 Å². The first-order valence-electron chi connectivity index (χ1n) is 14.1. The Morgan fingerprint density at radius 2 is 1.60 bits per heavy atom. The molecule has 0 radical (unpaired) electrons. The Labute approximate surface area is 263 Å². The monoisotopic (exact) mass is 626 g/mol. The number of aliphatic hydroxyl groups excluding tert-OH is 1. The first kappa shape index (κ1) is 31.1. The van der Waals surface area contributed by atoms with E-state index >= 15 is 0 Å². The summed E-state index contributed by atoms with van der Waals surface area (Å²) in [5.74, 6) is -2.87. The zero-order chi connectivity index (χ0) is 32.2. The molecule has 0 bridgehead atoms. The second-order valence-electron chi connectivity index (χ2n) is 10.2. The molecule has 1 aromatic heterocycles. The summed E-state index contributed by atoms with van der Waals surface area (Å²) in [7, 11) is 1.26. The molecule has 1 atom stereocenters. The summed E-state index contributed by atoms with van der Waals surface area (Å²) in [5, 5.41) is 11.6. The van der Waals surface area contributed by atoms with E-state index in [1.807, 2.05) is 31.2 Å². The van der Waals surface area contributed by atoms with Crippen molar-refractivity contribution in [1.82, 2.24) is 4.98 Å². The van der Waals surface area contributed by atoms with Crippen LogP contribution in [0.2, 0.25) is 0 Å². The van der Waals surface area contributed by atoms with Crippen LogP contribution in [-0.4, -0.2) is 47.4 Å². The third-order valence-electron chi connectivity index (χ3n) is 7.33. The third-order valence-corrected chi connectivity index (χ3v) is 8.46. The summed E-state index contributed by atoms with van der Waals surface area (Å²) in [6.07, 6.45) is 0. The second-order valence-corrected chi connectivity index (χ2v) is 11.1. The van der Waals surface area contributed by atoms with E-state index in [2.05, 4.69) is 4.98 Å². The van der Waals surface area contributed by atoms with Gasteiger partial charge in [-0.2, -0.15) is 0 Å². The predicted octanol–water partition coefficient (Wildman–Crippen LogP) is 5.93. The second kappa shape index (κ2) is 13.1. The molecule has 0 saturated carbocycles. The van der Waals surface area contributed by atoms with Crippen molar-refractivity contribution in [3.63, 3.8) is 0 Å². The van der Waals surface area contributed by atoms with Gasteiger partial charge in [-0.15, -0.1) is 0 Å². The molecule has 4 aromatic rings. The minimum atomic E-state index is -1.12. The van der Waals surface area contributed by atoms with Crippen LogP contribution in [0, 0.1) is 13.8 Å². The molecule has 5 rings (SSSR count).